The minimum Gasteiger partial charge on any atom is -0.311 e. The molecule has 2 amide bonds. The van der Waals surface area contributed by atoms with Gasteiger partial charge in [0, 0.05) is 36.3 Å². The van der Waals surface area contributed by atoms with Crippen molar-refractivity contribution < 1.29 is 9.59 Å². The number of hydrogen-bond acceptors (Lipinski definition) is 5. The number of pyridine rings is 1. The molecule has 1 atom stereocenters. The van der Waals surface area contributed by atoms with Gasteiger partial charge in [-0.15, -0.1) is 0 Å². The summed E-state index contributed by atoms with van der Waals surface area (Å²) < 4.78 is 2.02. The number of carbonyl (C=O) groups excluding carboxylic acids is 2. The number of aromatic nitrogens is 3. The Balaban J connectivity index is 1.13. The van der Waals surface area contributed by atoms with Gasteiger partial charge < -0.3 is 10.2 Å². The van der Waals surface area contributed by atoms with Gasteiger partial charge in [-0.05, 0) is 55.2 Å². The molecule has 1 saturated heterocycles. The average molecular weight is 467 g/mol. The first-order valence-electron chi connectivity index (χ1n) is 12.2. The minimum atomic E-state index is -0.896. The van der Waals surface area contributed by atoms with E-state index in [-0.39, 0.29) is 24.2 Å². The van der Waals surface area contributed by atoms with Gasteiger partial charge in [0.1, 0.15) is 11.2 Å². The highest BCUT2D eigenvalue weighted by atomic mass is 16.2. The van der Waals surface area contributed by atoms with Crippen molar-refractivity contribution in [3.05, 3.63) is 60.6 Å². The molecule has 3 aliphatic rings. The maximum absolute atomic E-state index is 13.1. The predicted molar refractivity (Wildman–Crippen MR) is 130 cm³/mol. The highest BCUT2D eigenvalue weighted by molar-refractivity contribution is 6.02. The Labute approximate surface area is 203 Å². The van der Waals surface area contributed by atoms with E-state index in [1.165, 1.54) is 12.8 Å². The second-order valence-corrected chi connectivity index (χ2v) is 9.83. The highest BCUT2D eigenvalue weighted by Crippen LogP contribution is 2.51. The monoisotopic (exact) mass is 466 g/mol. The van der Waals surface area contributed by atoms with Crippen molar-refractivity contribution >= 4 is 23.3 Å². The number of carbonyl (C=O) groups is 2. The molecule has 2 aliphatic carbocycles. The summed E-state index contributed by atoms with van der Waals surface area (Å²) in [7, 11) is 0. The first-order valence-corrected chi connectivity index (χ1v) is 12.2. The largest absolute Gasteiger partial charge is 0.311 e. The summed E-state index contributed by atoms with van der Waals surface area (Å²) in [6.45, 7) is 0.504. The maximum atomic E-state index is 13.1. The maximum Gasteiger partial charge on any atom is 0.247 e. The van der Waals surface area contributed by atoms with Crippen LogP contribution in [0.5, 0.6) is 0 Å². The molecule has 176 valence electrons. The molecule has 8 heteroatoms. The highest BCUT2D eigenvalue weighted by Gasteiger charge is 2.56. The van der Waals surface area contributed by atoms with E-state index in [1.807, 2.05) is 35.1 Å². The van der Waals surface area contributed by atoms with Crippen LogP contribution >= 0.6 is 0 Å². The van der Waals surface area contributed by atoms with Crippen LogP contribution in [0.1, 0.15) is 43.7 Å². The van der Waals surface area contributed by atoms with Gasteiger partial charge in [-0.2, -0.15) is 10.4 Å². The summed E-state index contributed by atoms with van der Waals surface area (Å²) in [5, 5.41) is 17.0. The van der Waals surface area contributed by atoms with Gasteiger partial charge >= 0.3 is 0 Å². The molecule has 0 unspecified atom stereocenters. The topological polar surface area (TPSA) is 104 Å². The van der Waals surface area contributed by atoms with Gasteiger partial charge in [-0.25, -0.2) is 4.98 Å². The lowest BCUT2D eigenvalue weighted by Gasteiger charge is -2.21. The third-order valence-corrected chi connectivity index (χ3v) is 7.30. The van der Waals surface area contributed by atoms with Gasteiger partial charge in [0.2, 0.25) is 11.8 Å². The lowest BCUT2D eigenvalue weighted by atomic mass is 9.83. The van der Waals surface area contributed by atoms with Gasteiger partial charge in [-0.3, -0.25) is 14.3 Å². The van der Waals surface area contributed by atoms with Gasteiger partial charge in [0.15, 0.2) is 0 Å². The van der Waals surface area contributed by atoms with Crippen molar-refractivity contribution in [2.75, 3.05) is 16.8 Å². The van der Waals surface area contributed by atoms with Crippen molar-refractivity contribution in [3.63, 3.8) is 0 Å². The number of anilines is 2. The predicted octanol–water partition coefficient (Wildman–Crippen LogP) is 4.12. The number of rotatable bonds is 7. The second-order valence-electron chi connectivity index (χ2n) is 9.83. The fourth-order valence-corrected chi connectivity index (χ4v) is 5.05. The Bertz CT molecular complexity index is 1350. The molecule has 8 nitrogen and oxygen atoms in total. The zero-order valence-corrected chi connectivity index (χ0v) is 19.4. The Morgan fingerprint density at radius 2 is 2.03 bits per heavy atom. The normalized spacial score (nSPS) is 21.7. The molecule has 1 aromatic carbocycles. The molecular formula is C27H26N6O2. The molecule has 3 heterocycles. The average Bonchev–Trinajstić information content (AvgIpc) is 3.81. The minimum absolute atomic E-state index is 0.132. The van der Waals surface area contributed by atoms with Crippen LogP contribution in [0, 0.1) is 22.7 Å². The zero-order valence-electron chi connectivity index (χ0n) is 19.4. The summed E-state index contributed by atoms with van der Waals surface area (Å²) in [4.78, 5) is 31.8. The molecule has 35 heavy (non-hydrogen) atoms. The van der Waals surface area contributed by atoms with Crippen LogP contribution in [0.25, 0.3) is 11.1 Å². The van der Waals surface area contributed by atoms with E-state index < -0.39 is 5.41 Å². The molecular weight excluding hydrogens is 440 g/mol. The van der Waals surface area contributed by atoms with Gasteiger partial charge in [0.25, 0.3) is 0 Å². The van der Waals surface area contributed by atoms with E-state index in [2.05, 4.69) is 27.7 Å². The van der Waals surface area contributed by atoms with Crippen LogP contribution in [0.4, 0.5) is 11.5 Å². The van der Waals surface area contributed by atoms with E-state index in [1.54, 1.807) is 23.2 Å². The van der Waals surface area contributed by atoms with Crippen LogP contribution in [0.3, 0.4) is 0 Å². The lowest BCUT2D eigenvalue weighted by Crippen LogP contribution is -2.35. The number of nitrogens with one attached hydrogen (secondary N) is 1. The molecule has 3 aromatic rings. The SMILES string of the molecule is N#C[C@@]1(C2CC2)CCN(c2ccnc(NC(=O)Cc3cccc(-c4cnn(C5CC5)c4)c3)c2)C1=O. The van der Waals surface area contributed by atoms with Crippen LogP contribution in [-0.2, 0) is 16.0 Å². The van der Waals surface area contributed by atoms with E-state index in [0.717, 1.165) is 29.5 Å². The Morgan fingerprint density at radius 1 is 1.17 bits per heavy atom. The zero-order chi connectivity index (χ0) is 24.0. The van der Waals surface area contributed by atoms with Crippen molar-refractivity contribution in [1.82, 2.24) is 14.8 Å². The van der Waals surface area contributed by atoms with Crippen molar-refractivity contribution in [2.24, 2.45) is 11.3 Å². The number of nitrogens with zero attached hydrogens (tertiary/aromatic N) is 5. The molecule has 0 spiro atoms. The first kappa shape index (κ1) is 21.5. The summed E-state index contributed by atoms with van der Waals surface area (Å²) in [6.07, 6.45) is 10.5. The standard InChI is InChI=1S/C27H26N6O2/c28-17-27(21-4-5-21)9-11-32(26(27)35)23-8-10-29-24(14-23)31-25(34)13-18-2-1-3-19(12-18)20-15-30-33(16-20)22-6-7-22/h1-3,8,10,12,14-16,21-22H,4-7,9,11,13H2,(H,29,31,34)/t27-/m1/s1. The third-order valence-electron chi connectivity index (χ3n) is 7.30. The summed E-state index contributed by atoms with van der Waals surface area (Å²) in [5.74, 6) is 0.248. The molecule has 0 bridgehead atoms. The lowest BCUT2D eigenvalue weighted by molar-refractivity contribution is -0.123. The molecule has 6 rings (SSSR count). The Morgan fingerprint density at radius 3 is 2.80 bits per heavy atom. The molecule has 3 fully saturated rings. The summed E-state index contributed by atoms with van der Waals surface area (Å²) >= 11 is 0. The van der Waals surface area contributed by atoms with Crippen LogP contribution < -0.4 is 10.2 Å². The van der Waals surface area contributed by atoms with Crippen molar-refractivity contribution in [3.8, 4) is 17.2 Å². The summed E-state index contributed by atoms with van der Waals surface area (Å²) in [5.41, 5.74) is 2.74. The van der Waals surface area contributed by atoms with Crippen molar-refractivity contribution in [1.29, 1.82) is 5.26 Å². The fraction of sp³-hybridized carbons (Fsp3) is 0.370. The Kier molecular flexibility index (Phi) is 5.14. The van der Waals surface area contributed by atoms with Gasteiger partial charge in [0.05, 0.1) is 24.7 Å². The quantitative estimate of drug-likeness (QED) is 0.564. The first-order chi connectivity index (χ1) is 17.1. The van der Waals surface area contributed by atoms with Gasteiger partial charge in [-0.1, -0.05) is 24.3 Å². The number of hydrogen-bond donors (Lipinski definition) is 1. The molecule has 1 N–H and O–H groups in total. The fourth-order valence-electron chi connectivity index (χ4n) is 5.05. The number of benzene rings is 1. The van der Waals surface area contributed by atoms with E-state index >= 15 is 0 Å². The van der Waals surface area contributed by atoms with E-state index in [9.17, 15) is 14.9 Å². The smallest absolute Gasteiger partial charge is 0.247 e. The number of amides is 2. The Hall–Kier alpha value is -3.99. The molecule has 2 saturated carbocycles. The number of nitriles is 1. The molecule has 2 aromatic heterocycles. The molecule has 1 aliphatic heterocycles. The van der Waals surface area contributed by atoms with Crippen molar-refractivity contribution in [2.45, 2.75) is 44.6 Å². The van der Waals surface area contributed by atoms with Crippen LogP contribution in [-0.4, -0.2) is 33.1 Å². The second kappa shape index (κ2) is 8.35. The summed E-state index contributed by atoms with van der Waals surface area (Å²) in [6, 6.07) is 14.2. The van der Waals surface area contributed by atoms with Crippen LogP contribution in [0.2, 0.25) is 0 Å². The van der Waals surface area contributed by atoms with E-state index in [4.69, 9.17) is 0 Å². The molecule has 0 radical (unpaired) electrons. The van der Waals surface area contributed by atoms with Crippen LogP contribution in [0.15, 0.2) is 55.0 Å². The van der Waals surface area contributed by atoms with E-state index in [0.29, 0.717) is 30.5 Å². The third kappa shape index (κ3) is 4.08.